The lowest BCUT2D eigenvalue weighted by Crippen LogP contribution is -2.39. The van der Waals surface area contributed by atoms with Crippen LogP contribution in [0.4, 0.5) is 5.69 Å². The summed E-state index contributed by atoms with van der Waals surface area (Å²) in [5.74, 6) is 1.79. The van der Waals surface area contributed by atoms with E-state index in [1.165, 1.54) is 38.2 Å². The van der Waals surface area contributed by atoms with E-state index >= 15 is 0 Å². The van der Waals surface area contributed by atoms with Gasteiger partial charge in [-0.05, 0) is 63.4 Å². The van der Waals surface area contributed by atoms with E-state index in [4.69, 9.17) is 4.74 Å². The standard InChI is InChI=1S/C16H24N2O/c1-12(2)19-15-5-3-14(4-6-15)17-16-8-10-18-9-7-13(16)11-18/h3-6,12-13,16-17H,7-11H2,1-2H3. The summed E-state index contributed by atoms with van der Waals surface area (Å²) in [6.07, 6.45) is 2.86. The van der Waals surface area contributed by atoms with Crippen LogP contribution in [0.1, 0.15) is 26.7 Å². The zero-order valence-corrected chi connectivity index (χ0v) is 11.9. The van der Waals surface area contributed by atoms with Gasteiger partial charge in [-0.25, -0.2) is 0 Å². The highest BCUT2D eigenvalue weighted by molar-refractivity contribution is 5.47. The molecule has 3 unspecified atom stereocenters. The van der Waals surface area contributed by atoms with Crippen LogP contribution in [-0.2, 0) is 0 Å². The van der Waals surface area contributed by atoms with Gasteiger partial charge in [-0.1, -0.05) is 0 Å². The molecule has 2 fully saturated rings. The summed E-state index contributed by atoms with van der Waals surface area (Å²) in [5, 5.41) is 3.71. The molecule has 2 aliphatic rings. The van der Waals surface area contributed by atoms with Crippen molar-refractivity contribution in [1.82, 2.24) is 4.90 Å². The molecular weight excluding hydrogens is 236 g/mol. The van der Waals surface area contributed by atoms with Crippen LogP contribution in [0.3, 0.4) is 0 Å². The second-order valence-corrected chi connectivity index (χ2v) is 6.08. The van der Waals surface area contributed by atoms with Crippen LogP contribution in [0.5, 0.6) is 5.75 Å². The van der Waals surface area contributed by atoms with E-state index in [-0.39, 0.29) is 6.10 Å². The van der Waals surface area contributed by atoms with Crippen LogP contribution in [0.2, 0.25) is 0 Å². The number of nitrogens with zero attached hydrogens (tertiary/aromatic N) is 1. The van der Waals surface area contributed by atoms with Gasteiger partial charge < -0.3 is 15.0 Å². The summed E-state index contributed by atoms with van der Waals surface area (Å²) >= 11 is 0. The molecule has 2 aliphatic heterocycles. The quantitative estimate of drug-likeness (QED) is 0.900. The van der Waals surface area contributed by atoms with E-state index in [1.54, 1.807) is 0 Å². The summed E-state index contributed by atoms with van der Waals surface area (Å²) in [6, 6.07) is 9.05. The number of nitrogens with one attached hydrogen (secondary N) is 1. The molecule has 1 aromatic carbocycles. The van der Waals surface area contributed by atoms with Crippen molar-refractivity contribution in [1.29, 1.82) is 0 Å². The minimum absolute atomic E-state index is 0.238. The third-order valence-corrected chi connectivity index (χ3v) is 4.21. The Morgan fingerprint density at radius 1 is 1.16 bits per heavy atom. The number of rotatable bonds is 4. The number of piperidine rings is 1. The van der Waals surface area contributed by atoms with Gasteiger partial charge in [0, 0.05) is 24.8 Å². The molecule has 3 rings (SSSR count). The smallest absolute Gasteiger partial charge is 0.119 e. The van der Waals surface area contributed by atoms with Crippen molar-refractivity contribution in [3.63, 3.8) is 0 Å². The Hall–Kier alpha value is -1.22. The molecule has 2 heterocycles. The zero-order chi connectivity index (χ0) is 13.2. The van der Waals surface area contributed by atoms with Crippen molar-refractivity contribution in [2.75, 3.05) is 25.0 Å². The van der Waals surface area contributed by atoms with Gasteiger partial charge in [0.2, 0.25) is 0 Å². The minimum Gasteiger partial charge on any atom is -0.491 e. The topological polar surface area (TPSA) is 24.5 Å². The fourth-order valence-electron chi connectivity index (χ4n) is 3.26. The molecule has 2 bridgehead atoms. The van der Waals surface area contributed by atoms with Gasteiger partial charge in [0.1, 0.15) is 5.75 Å². The van der Waals surface area contributed by atoms with Gasteiger partial charge in [-0.2, -0.15) is 0 Å². The number of hydrogen-bond donors (Lipinski definition) is 1. The van der Waals surface area contributed by atoms with Crippen molar-refractivity contribution >= 4 is 5.69 Å². The minimum atomic E-state index is 0.238. The van der Waals surface area contributed by atoms with Crippen molar-refractivity contribution < 1.29 is 4.74 Å². The van der Waals surface area contributed by atoms with Crippen molar-refractivity contribution in [2.24, 2.45) is 5.92 Å². The Kier molecular flexibility index (Phi) is 3.65. The number of hydrogen-bond acceptors (Lipinski definition) is 3. The monoisotopic (exact) mass is 260 g/mol. The van der Waals surface area contributed by atoms with Crippen molar-refractivity contribution in [3.8, 4) is 5.75 Å². The molecule has 104 valence electrons. The summed E-state index contributed by atoms with van der Waals surface area (Å²) < 4.78 is 5.67. The molecule has 0 aromatic heterocycles. The highest BCUT2D eigenvalue weighted by Crippen LogP contribution is 2.29. The molecule has 2 saturated heterocycles. The third kappa shape index (κ3) is 3.03. The molecule has 0 amide bonds. The van der Waals surface area contributed by atoms with E-state index in [0.717, 1.165) is 11.7 Å². The summed E-state index contributed by atoms with van der Waals surface area (Å²) in [5.41, 5.74) is 1.22. The van der Waals surface area contributed by atoms with E-state index in [9.17, 15) is 0 Å². The lowest BCUT2D eigenvalue weighted by molar-refractivity contribution is 0.242. The summed E-state index contributed by atoms with van der Waals surface area (Å²) in [6.45, 7) is 7.94. The average Bonchev–Trinajstić information content (AvgIpc) is 2.77. The molecule has 19 heavy (non-hydrogen) atoms. The van der Waals surface area contributed by atoms with Crippen molar-refractivity contribution in [3.05, 3.63) is 24.3 Å². The van der Waals surface area contributed by atoms with Gasteiger partial charge in [0.05, 0.1) is 6.10 Å². The maximum Gasteiger partial charge on any atom is 0.119 e. The van der Waals surface area contributed by atoms with Crippen LogP contribution in [0.15, 0.2) is 24.3 Å². The van der Waals surface area contributed by atoms with E-state index < -0.39 is 0 Å². The predicted octanol–water partition coefficient (Wildman–Crippen LogP) is 2.98. The van der Waals surface area contributed by atoms with Gasteiger partial charge in [0.25, 0.3) is 0 Å². The first-order valence-corrected chi connectivity index (χ1v) is 7.46. The van der Waals surface area contributed by atoms with Gasteiger partial charge in [-0.15, -0.1) is 0 Å². The van der Waals surface area contributed by atoms with Crippen LogP contribution in [0.25, 0.3) is 0 Å². The Bertz CT molecular complexity index is 415. The molecule has 0 saturated carbocycles. The third-order valence-electron chi connectivity index (χ3n) is 4.21. The fraction of sp³-hybridized carbons (Fsp3) is 0.625. The second kappa shape index (κ2) is 5.41. The highest BCUT2D eigenvalue weighted by atomic mass is 16.5. The number of ether oxygens (including phenoxy) is 1. The fourth-order valence-corrected chi connectivity index (χ4v) is 3.26. The molecule has 0 aliphatic carbocycles. The zero-order valence-electron chi connectivity index (χ0n) is 11.9. The number of anilines is 1. The summed E-state index contributed by atoms with van der Waals surface area (Å²) in [7, 11) is 0. The van der Waals surface area contributed by atoms with Crippen LogP contribution < -0.4 is 10.1 Å². The van der Waals surface area contributed by atoms with Crippen LogP contribution in [0, 0.1) is 5.92 Å². The first-order valence-electron chi connectivity index (χ1n) is 7.46. The number of benzene rings is 1. The largest absolute Gasteiger partial charge is 0.491 e. The Balaban J connectivity index is 1.60. The summed E-state index contributed by atoms with van der Waals surface area (Å²) in [4.78, 5) is 2.59. The first-order chi connectivity index (χ1) is 9.20. The average molecular weight is 260 g/mol. The maximum absolute atomic E-state index is 5.67. The van der Waals surface area contributed by atoms with E-state index in [0.29, 0.717) is 6.04 Å². The lowest BCUT2D eigenvalue weighted by atomic mass is 9.94. The SMILES string of the molecule is CC(C)Oc1ccc(NC2CCN3CCC2C3)cc1. The predicted molar refractivity (Wildman–Crippen MR) is 78.8 cm³/mol. The lowest BCUT2D eigenvalue weighted by Gasteiger charge is -2.31. The van der Waals surface area contributed by atoms with Crippen LogP contribution >= 0.6 is 0 Å². The highest BCUT2D eigenvalue weighted by Gasteiger charge is 2.33. The number of fused-ring (bicyclic) bond motifs is 2. The van der Waals surface area contributed by atoms with Crippen molar-refractivity contribution in [2.45, 2.75) is 38.8 Å². The van der Waals surface area contributed by atoms with E-state index in [2.05, 4.69) is 48.3 Å². The molecule has 0 spiro atoms. The molecule has 3 atom stereocenters. The van der Waals surface area contributed by atoms with E-state index in [1.807, 2.05) is 0 Å². The Labute approximate surface area is 115 Å². The second-order valence-electron chi connectivity index (χ2n) is 6.08. The molecule has 0 radical (unpaired) electrons. The Morgan fingerprint density at radius 3 is 2.63 bits per heavy atom. The molecule has 1 aromatic rings. The van der Waals surface area contributed by atoms with Gasteiger partial charge >= 0.3 is 0 Å². The van der Waals surface area contributed by atoms with Gasteiger partial charge in [0.15, 0.2) is 0 Å². The van der Waals surface area contributed by atoms with Gasteiger partial charge in [-0.3, -0.25) is 0 Å². The molecule has 1 N–H and O–H groups in total. The maximum atomic E-state index is 5.67. The first kappa shape index (κ1) is 12.8. The molecular formula is C16H24N2O. The Morgan fingerprint density at radius 2 is 1.89 bits per heavy atom. The normalized spacial score (nSPS) is 29.5. The van der Waals surface area contributed by atoms with Crippen LogP contribution in [-0.4, -0.2) is 36.7 Å². The molecule has 3 nitrogen and oxygen atoms in total. The molecule has 3 heteroatoms.